The number of carbonyl (C=O) groups is 1. The summed E-state index contributed by atoms with van der Waals surface area (Å²) in [4.78, 5) is 26.1. The Kier molecular flexibility index (Phi) is 5.89. The molecule has 5 nitrogen and oxygen atoms in total. The molecule has 0 aromatic carbocycles. The number of anilines is 1. The molecule has 2 aromatic rings. The quantitative estimate of drug-likeness (QED) is 0.854. The largest absolute Gasteiger partial charge is 0.356 e. The zero-order valence-electron chi connectivity index (χ0n) is 15.4. The second-order valence-corrected chi connectivity index (χ2v) is 8.36. The van der Waals surface area contributed by atoms with Gasteiger partial charge in [0.25, 0.3) is 0 Å². The molecule has 3 heterocycles. The number of amides is 1. The Morgan fingerprint density at radius 3 is 3.04 bits per heavy atom. The van der Waals surface area contributed by atoms with Crippen molar-refractivity contribution in [2.75, 3.05) is 24.5 Å². The fourth-order valence-corrected chi connectivity index (χ4v) is 4.26. The Morgan fingerprint density at radius 2 is 2.28 bits per heavy atom. The first-order valence-corrected chi connectivity index (χ1v) is 10.2. The Balaban J connectivity index is 1.71. The summed E-state index contributed by atoms with van der Waals surface area (Å²) >= 11 is 1.74. The van der Waals surface area contributed by atoms with Crippen molar-refractivity contribution in [3.05, 3.63) is 17.3 Å². The van der Waals surface area contributed by atoms with E-state index in [1.165, 1.54) is 4.88 Å². The van der Waals surface area contributed by atoms with Crippen LogP contribution in [0.4, 0.5) is 5.82 Å². The van der Waals surface area contributed by atoms with E-state index in [0.29, 0.717) is 5.92 Å². The van der Waals surface area contributed by atoms with Crippen molar-refractivity contribution in [1.29, 1.82) is 0 Å². The number of nitrogens with zero attached hydrogens (tertiary/aromatic N) is 3. The monoisotopic (exact) mass is 360 g/mol. The molecule has 136 valence electrons. The molecule has 1 aliphatic heterocycles. The van der Waals surface area contributed by atoms with E-state index < -0.39 is 0 Å². The first kappa shape index (κ1) is 18.1. The zero-order valence-corrected chi connectivity index (χ0v) is 16.2. The third-order valence-corrected chi connectivity index (χ3v) is 6.01. The van der Waals surface area contributed by atoms with E-state index in [-0.39, 0.29) is 11.8 Å². The second kappa shape index (κ2) is 8.13. The van der Waals surface area contributed by atoms with Gasteiger partial charge in [-0.25, -0.2) is 9.97 Å². The number of hydrogen-bond donors (Lipinski definition) is 1. The second-order valence-electron chi connectivity index (χ2n) is 7.24. The maximum atomic E-state index is 12.5. The molecule has 25 heavy (non-hydrogen) atoms. The lowest BCUT2D eigenvalue weighted by Gasteiger charge is -2.33. The van der Waals surface area contributed by atoms with Crippen molar-refractivity contribution in [3.63, 3.8) is 0 Å². The van der Waals surface area contributed by atoms with Crippen molar-refractivity contribution in [3.8, 4) is 0 Å². The molecule has 0 radical (unpaired) electrons. The van der Waals surface area contributed by atoms with Crippen LogP contribution in [0.25, 0.3) is 10.2 Å². The van der Waals surface area contributed by atoms with Crippen molar-refractivity contribution in [2.45, 2.75) is 46.5 Å². The summed E-state index contributed by atoms with van der Waals surface area (Å²) < 4.78 is 0. The molecule has 1 atom stereocenters. The summed E-state index contributed by atoms with van der Waals surface area (Å²) in [6.45, 7) is 9.00. The number of nitrogens with one attached hydrogen (secondary N) is 1. The van der Waals surface area contributed by atoms with Gasteiger partial charge in [-0.1, -0.05) is 20.8 Å². The summed E-state index contributed by atoms with van der Waals surface area (Å²) in [5.41, 5.74) is 0. The Labute approximate surface area is 153 Å². The highest BCUT2D eigenvalue weighted by molar-refractivity contribution is 7.18. The van der Waals surface area contributed by atoms with Crippen molar-refractivity contribution in [1.82, 2.24) is 15.3 Å². The third-order valence-electron chi connectivity index (χ3n) is 4.82. The van der Waals surface area contributed by atoms with E-state index in [1.807, 2.05) is 0 Å². The first-order chi connectivity index (χ1) is 12.1. The van der Waals surface area contributed by atoms with Crippen molar-refractivity contribution >= 4 is 33.3 Å². The van der Waals surface area contributed by atoms with Crippen LogP contribution in [-0.4, -0.2) is 35.5 Å². The molecular formula is C19H28N4OS. The smallest absolute Gasteiger partial charge is 0.224 e. The molecule has 3 rings (SSSR count). The van der Waals surface area contributed by atoms with Crippen LogP contribution in [0.2, 0.25) is 0 Å². The molecule has 0 unspecified atom stereocenters. The average Bonchev–Trinajstić information content (AvgIpc) is 3.04. The zero-order chi connectivity index (χ0) is 17.8. The van der Waals surface area contributed by atoms with Gasteiger partial charge in [-0.15, -0.1) is 11.3 Å². The summed E-state index contributed by atoms with van der Waals surface area (Å²) in [5, 5.41) is 4.24. The maximum absolute atomic E-state index is 12.5. The van der Waals surface area contributed by atoms with Crippen LogP contribution < -0.4 is 10.2 Å². The molecule has 6 heteroatoms. The van der Waals surface area contributed by atoms with Gasteiger partial charge < -0.3 is 10.2 Å². The minimum absolute atomic E-state index is 0.0511. The topological polar surface area (TPSA) is 58.1 Å². The minimum atomic E-state index is 0.0511. The van der Waals surface area contributed by atoms with Crippen LogP contribution in [0.1, 0.15) is 44.9 Å². The molecule has 1 saturated heterocycles. The highest BCUT2D eigenvalue weighted by Gasteiger charge is 2.27. The van der Waals surface area contributed by atoms with Crippen LogP contribution in [0, 0.1) is 11.8 Å². The Hall–Kier alpha value is -1.69. The lowest BCUT2D eigenvalue weighted by Crippen LogP contribution is -2.43. The first-order valence-electron chi connectivity index (χ1n) is 9.34. The molecular weight excluding hydrogens is 332 g/mol. The molecule has 1 amide bonds. The normalized spacial score (nSPS) is 18.1. The maximum Gasteiger partial charge on any atom is 0.224 e. The number of aromatic nitrogens is 2. The van der Waals surface area contributed by atoms with E-state index in [4.69, 9.17) is 0 Å². The minimum Gasteiger partial charge on any atom is -0.356 e. The van der Waals surface area contributed by atoms with Gasteiger partial charge in [0.15, 0.2) is 0 Å². The summed E-state index contributed by atoms with van der Waals surface area (Å²) in [5.74, 6) is 1.84. The van der Waals surface area contributed by atoms with Crippen LogP contribution in [0.5, 0.6) is 0 Å². The molecule has 0 saturated carbocycles. The summed E-state index contributed by atoms with van der Waals surface area (Å²) in [6.07, 6.45) is 5.69. The lowest BCUT2D eigenvalue weighted by atomic mass is 9.96. The van der Waals surface area contributed by atoms with Crippen LogP contribution in [-0.2, 0) is 11.2 Å². The van der Waals surface area contributed by atoms with E-state index in [0.717, 1.165) is 61.4 Å². The van der Waals surface area contributed by atoms with Gasteiger partial charge in [-0.2, -0.15) is 0 Å². The molecule has 0 bridgehead atoms. The van der Waals surface area contributed by atoms with Gasteiger partial charge in [-0.05, 0) is 37.7 Å². The van der Waals surface area contributed by atoms with Gasteiger partial charge in [-0.3, -0.25) is 4.79 Å². The number of piperidine rings is 1. The number of rotatable bonds is 6. The van der Waals surface area contributed by atoms with E-state index in [9.17, 15) is 4.79 Å². The van der Waals surface area contributed by atoms with E-state index in [1.54, 1.807) is 17.7 Å². The molecule has 1 fully saturated rings. The third kappa shape index (κ3) is 4.29. The SMILES string of the molecule is CCc1cc2c(N3CCC[C@H](C(=O)NCCC(C)C)C3)ncnc2s1. The van der Waals surface area contributed by atoms with Crippen LogP contribution in [0.15, 0.2) is 12.4 Å². The van der Waals surface area contributed by atoms with Crippen molar-refractivity contribution in [2.24, 2.45) is 11.8 Å². The van der Waals surface area contributed by atoms with Crippen LogP contribution in [0.3, 0.4) is 0 Å². The molecule has 1 N–H and O–H groups in total. The van der Waals surface area contributed by atoms with Gasteiger partial charge in [0.05, 0.1) is 11.3 Å². The number of aryl methyl sites for hydroxylation is 1. The Morgan fingerprint density at radius 1 is 1.44 bits per heavy atom. The van der Waals surface area contributed by atoms with Gasteiger partial charge in [0.2, 0.25) is 5.91 Å². The highest BCUT2D eigenvalue weighted by atomic mass is 32.1. The fraction of sp³-hybridized carbons (Fsp3) is 0.632. The molecule has 2 aromatic heterocycles. The number of carbonyl (C=O) groups excluding carboxylic acids is 1. The highest BCUT2D eigenvalue weighted by Crippen LogP contribution is 2.32. The lowest BCUT2D eigenvalue weighted by molar-refractivity contribution is -0.125. The van der Waals surface area contributed by atoms with Gasteiger partial charge in [0.1, 0.15) is 17.0 Å². The van der Waals surface area contributed by atoms with Crippen molar-refractivity contribution < 1.29 is 4.79 Å². The molecule has 1 aliphatic rings. The predicted octanol–water partition coefficient (Wildman–Crippen LogP) is 3.63. The fourth-order valence-electron chi connectivity index (χ4n) is 3.33. The average molecular weight is 361 g/mol. The molecule has 0 aliphatic carbocycles. The summed E-state index contributed by atoms with van der Waals surface area (Å²) in [6, 6.07) is 2.21. The van der Waals surface area contributed by atoms with Crippen LogP contribution >= 0.6 is 11.3 Å². The predicted molar refractivity (Wildman–Crippen MR) is 104 cm³/mol. The van der Waals surface area contributed by atoms with E-state index >= 15 is 0 Å². The Bertz CT molecular complexity index is 727. The van der Waals surface area contributed by atoms with E-state index in [2.05, 4.69) is 47.0 Å². The number of fused-ring (bicyclic) bond motifs is 1. The molecule has 0 spiro atoms. The number of thiophene rings is 1. The van der Waals surface area contributed by atoms with Gasteiger partial charge in [0, 0.05) is 24.5 Å². The number of hydrogen-bond acceptors (Lipinski definition) is 5. The standard InChI is InChI=1S/C19H28N4OS/c1-4-15-10-16-17(21-12-22-19(16)25-15)23-9-5-6-14(11-23)18(24)20-8-7-13(2)3/h10,12-14H,4-9,11H2,1-3H3,(H,20,24)/t14-/m0/s1. The van der Waals surface area contributed by atoms with Gasteiger partial charge >= 0.3 is 0 Å². The summed E-state index contributed by atoms with van der Waals surface area (Å²) in [7, 11) is 0.